The SMILES string of the molecule is NC(=NCCC1CCC1)N1CCN(c2nccs2)CC1. The third kappa shape index (κ3) is 3.23. The second kappa shape index (κ2) is 6.43. The maximum Gasteiger partial charge on any atom is 0.191 e. The van der Waals surface area contributed by atoms with Gasteiger partial charge in [-0.25, -0.2) is 4.98 Å². The highest BCUT2D eigenvalue weighted by Crippen LogP contribution is 2.29. The van der Waals surface area contributed by atoms with E-state index in [0.29, 0.717) is 0 Å². The van der Waals surface area contributed by atoms with E-state index in [9.17, 15) is 0 Å². The largest absolute Gasteiger partial charge is 0.370 e. The average molecular weight is 293 g/mol. The minimum absolute atomic E-state index is 0.725. The second-order valence-corrected chi connectivity index (χ2v) is 6.49. The van der Waals surface area contributed by atoms with Gasteiger partial charge in [-0.1, -0.05) is 19.3 Å². The van der Waals surface area contributed by atoms with Crippen molar-refractivity contribution in [2.24, 2.45) is 16.6 Å². The molecule has 2 heterocycles. The Morgan fingerprint density at radius 2 is 2.15 bits per heavy atom. The first-order valence-corrected chi connectivity index (χ1v) is 8.40. The number of anilines is 1. The van der Waals surface area contributed by atoms with Gasteiger partial charge in [-0.2, -0.15) is 0 Å². The van der Waals surface area contributed by atoms with Gasteiger partial charge in [0.15, 0.2) is 11.1 Å². The lowest BCUT2D eigenvalue weighted by atomic mass is 9.83. The van der Waals surface area contributed by atoms with E-state index in [4.69, 9.17) is 5.73 Å². The molecule has 0 spiro atoms. The Balaban J connectivity index is 1.43. The van der Waals surface area contributed by atoms with Crippen LogP contribution in [0.3, 0.4) is 0 Å². The Bertz CT molecular complexity index is 432. The van der Waals surface area contributed by atoms with Crippen molar-refractivity contribution < 1.29 is 0 Å². The van der Waals surface area contributed by atoms with E-state index in [1.165, 1.54) is 25.7 Å². The van der Waals surface area contributed by atoms with Crippen molar-refractivity contribution >= 4 is 22.4 Å². The van der Waals surface area contributed by atoms with Crippen molar-refractivity contribution in [1.82, 2.24) is 9.88 Å². The zero-order chi connectivity index (χ0) is 13.8. The molecule has 0 atom stereocenters. The van der Waals surface area contributed by atoms with Crippen LogP contribution in [0.1, 0.15) is 25.7 Å². The topological polar surface area (TPSA) is 57.8 Å². The van der Waals surface area contributed by atoms with Crippen LogP contribution >= 0.6 is 11.3 Å². The lowest BCUT2D eigenvalue weighted by Crippen LogP contribution is -2.51. The zero-order valence-corrected chi connectivity index (χ0v) is 12.7. The molecule has 0 amide bonds. The first-order valence-electron chi connectivity index (χ1n) is 7.52. The number of aromatic nitrogens is 1. The number of piperazine rings is 1. The summed E-state index contributed by atoms with van der Waals surface area (Å²) in [6.07, 6.45) is 7.26. The van der Waals surface area contributed by atoms with Crippen LogP contribution < -0.4 is 10.6 Å². The molecular weight excluding hydrogens is 270 g/mol. The van der Waals surface area contributed by atoms with Gasteiger partial charge in [0.2, 0.25) is 0 Å². The average Bonchev–Trinajstić information content (AvgIpc) is 2.95. The van der Waals surface area contributed by atoms with Crippen LogP contribution in [0.4, 0.5) is 5.13 Å². The number of guanidine groups is 1. The first-order chi connectivity index (χ1) is 9.83. The summed E-state index contributed by atoms with van der Waals surface area (Å²) in [5.41, 5.74) is 6.10. The molecule has 6 heteroatoms. The molecule has 20 heavy (non-hydrogen) atoms. The van der Waals surface area contributed by atoms with Crippen molar-refractivity contribution in [3.05, 3.63) is 11.6 Å². The van der Waals surface area contributed by atoms with Gasteiger partial charge >= 0.3 is 0 Å². The molecule has 3 rings (SSSR count). The summed E-state index contributed by atoms with van der Waals surface area (Å²) in [5, 5.41) is 3.14. The summed E-state index contributed by atoms with van der Waals surface area (Å²) in [4.78, 5) is 13.4. The molecular formula is C14H23N5S. The van der Waals surface area contributed by atoms with Crippen molar-refractivity contribution in [3.8, 4) is 0 Å². The number of nitrogens with zero attached hydrogens (tertiary/aromatic N) is 4. The molecule has 0 radical (unpaired) electrons. The quantitative estimate of drug-likeness (QED) is 0.679. The normalized spacial score (nSPS) is 21.1. The fourth-order valence-corrected chi connectivity index (χ4v) is 3.44. The summed E-state index contributed by atoms with van der Waals surface area (Å²) >= 11 is 1.70. The van der Waals surface area contributed by atoms with E-state index < -0.39 is 0 Å². The fraction of sp³-hybridized carbons (Fsp3) is 0.714. The molecule has 0 bridgehead atoms. The van der Waals surface area contributed by atoms with Crippen molar-refractivity contribution in [1.29, 1.82) is 0 Å². The Morgan fingerprint density at radius 3 is 2.75 bits per heavy atom. The molecule has 1 aliphatic heterocycles. The van der Waals surface area contributed by atoms with E-state index in [0.717, 1.165) is 49.7 Å². The molecule has 1 saturated heterocycles. The van der Waals surface area contributed by atoms with Crippen LogP contribution in [-0.4, -0.2) is 48.6 Å². The summed E-state index contributed by atoms with van der Waals surface area (Å²) in [6.45, 7) is 4.73. The summed E-state index contributed by atoms with van der Waals surface area (Å²) in [5.74, 6) is 1.64. The summed E-state index contributed by atoms with van der Waals surface area (Å²) in [6, 6.07) is 0. The van der Waals surface area contributed by atoms with Gasteiger partial charge in [-0.3, -0.25) is 4.99 Å². The molecule has 2 fully saturated rings. The predicted octanol–water partition coefficient (Wildman–Crippen LogP) is 1.77. The molecule has 1 aromatic heterocycles. The van der Waals surface area contributed by atoms with E-state index in [1.54, 1.807) is 11.3 Å². The van der Waals surface area contributed by atoms with Crippen LogP contribution in [0.5, 0.6) is 0 Å². The number of aliphatic imine (C=N–C) groups is 1. The zero-order valence-electron chi connectivity index (χ0n) is 11.9. The standard InChI is InChI=1S/C14H23N5S/c15-13(16-5-4-12-2-1-3-12)18-7-9-19(10-8-18)14-17-6-11-20-14/h6,11-12H,1-5,7-10H2,(H2,15,16). The maximum atomic E-state index is 6.10. The Kier molecular flexibility index (Phi) is 4.40. The van der Waals surface area contributed by atoms with Gasteiger partial charge < -0.3 is 15.5 Å². The van der Waals surface area contributed by atoms with Crippen molar-refractivity contribution in [2.75, 3.05) is 37.6 Å². The van der Waals surface area contributed by atoms with Crippen molar-refractivity contribution in [3.63, 3.8) is 0 Å². The minimum Gasteiger partial charge on any atom is -0.370 e. The molecule has 0 unspecified atom stereocenters. The molecule has 110 valence electrons. The molecule has 1 saturated carbocycles. The van der Waals surface area contributed by atoms with Gasteiger partial charge in [-0.15, -0.1) is 11.3 Å². The van der Waals surface area contributed by atoms with Crippen molar-refractivity contribution in [2.45, 2.75) is 25.7 Å². The highest BCUT2D eigenvalue weighted by Gasteiger charge is 2.20. The van der Waals surface area contributed by atoms with E-state index >= 15 is 0 Å². The van der Waals surface area contributed by atoms with Gasteiger partial charge in [0.25, 0.3) is 0 Å². The molecule has 5 nitrogen and oxygen atoms in total. The van der Waals surface area contributed by atoms with E-state index in [-0.39, 0.29) is 0 Å². The molecule has 2 N–H and O–H groups in total. The molecule has 1 aromatic rings. The van der Waals surface area contributed by atoms with Gasteiger partial charge in [0, 0.05) is 44.3 Å². The minimum atomic E-state index is 0.725. The van der Waals surface area contributed by atoms with Gasteiger partial charge in [-0.05, 0) is 12.3 Å². The monoisotopic (exact) mass is 293 g/mol. The van der Waals surface area contributed by atoms with E-state index in [2.05, 4.69) is 19.8 Å². The number of hydrogen-bond donors (Lipinski definition) is 1. The number of rotatable bonds is 4. The molecule has 0 aromatic carbocycles. The van der Waals surface area contributed by atoms with Crippen LogP contribution in [-0.2, 0) is 0 Å². The third-order valence-electron chi connectivity index (χ3n) is 4.33. The number of thiazole rings is 1. The van der Waals surface area contributed by atoms with Gasteiger partial charge in [0.1, 0.15) is 0 Å². The highest BCUT2D eigenvalue weighted by atomic mass is 32.1. The number of hydrogen-bond acceptors (Lipinski definition) is 4. The highest BCUT2D eigenvalue weighted by molar-refractivity contribution is 7.13. The molecule has 2 aliphatic rings. The first kappa shape index (κ1) is 13.7. The lowest BCUT2D eigenvalue weighted by molar-refractivity contribution is 0.299. The third-order valence-corrected chi connectivity index (χ3v) is 5.16. The number of nitrogens with two attached hydrogens (primary N) is 1. The summed E-state index contributed by atoms with van der Waals surface area (Å²) in [7, 11) is 0. The van der Waals surface area contributed by atoms with Crippen LogP contribution in [0.2, 0.25) is 0 Å². The van der Waals surface area contributed by atoms with Gasteiger partial charge in [0.05, 0.1) is 0 Å². The van der Waals surface area contributed by atoms with Crippen LogP contribution in [0.15, 0.2) is 16.6 Å². The molecule has 1 aliphatic carbocycles. The predicted molar refractivity (Wildman–Crippen MR) is 84.3 cm³/mol. The van der Waals surface area contributed by atoms with Crippen LogP contribution in [0, 0.1) is 5.92 Å². The van der Waals surface area contributed by atoms with E-state index in [1.807, 2.05) is 11.6 Å². The Labute approximate surface area is 124 Å². The van der Waals surface area contributed by atoms with Crippen LogP contribution in [0.25, 0.3) is 0 Å². The summed E-state index contributed by atoms with van der Waals surface area (Å²) < 4.78 is 0. The maximum absolute atomic E-state index is 6.10. The Morgan fingerprint density at radius 1 is 1.35 bits per heavy atom. The Hall–Kier alpha value is -1.30. The fourth-order valence-electron chi connectivity index (χ4n) is 2.74. The second-order valence-electron chi connectivity index (χ2n) is 5.61. The smallest absolute Gasteiger partial charge is 0.191 e. The lowest BCUT2D eigenvalue weighted by Gasteiger charge is -2.35.